The first-order valence-electron chi connectivity index (χ1n) is 9.50. The van der Waals surface area contributed by atoms with Crippen LogP contribution >= 0.6 is 0 Å². The number of nitrogens with zero attached hydrogens (tertiary/aromatic N) is 4. The third-order valence-corrected chi connectivity index (χ3v) is 5.01. The van der Waals surface area contributed by atoms with Gasteiger partial charge in [0.2, 0.25) is 0 Å². The predicted molar refractivity (Wildman–Crippen MR) is 114 cm³/mol. The molecule has 0 unspecified atom stereocenters. The van der Waals surface area contributed by atoms with Crippen LogP contribution in [0.15, 0.2) is 72.8 Å². The maximum Gasteiger partial charge on any atom is 0.186 e. The SMILES string of the molecule is COc1ccccc1CNc1nc2c(-c3ccc(F)cc3)nnn2c2ccccc12. The van der Waals surface area contributed by atoms with Gasteiger partial charge < -0.3 is 10.1 Å². The second kappa shape index (κ2) is 7.44. The average molecular weight is 399 g/mol. The van der Waals surface area contributed by atoms with E-state index in [2.05, 4.69) is 15.6 Å². The summed E-state index contributed by atoms with van der Waals surface area (Å²) in [7, 11) is 1.66. The first-order valence-corrected chi connectivity index (χ1v) is 9.50. The minimum atomic E-state index is -0.298. The number of methoxy groups -OCH3 is 1. The molecule has 0 radical (unpaired) electrons. The van der Waals surface area contributed by atoms with E-state index < -0.39 is 0 Å². The fourth-order valence-electron chi connectivity index (χ4n) is 3.52. The van der Waals surface area contributed by atoms with E-state index in [-0.39, 0.29) is 5.82 Å². The summed E-state index contributed by atoms with van der Waals surface area (Å²) in [5.41, 5.74) is 3.86. The molecule has 5 aromatic rings. The Kier molecular flexibility index (Phi) is 4.48. The van der Waals surface area contributed by atoms with Crippen LogP contribution in [0.25, 0.3) is 27.8 Å². The van der Waals surface area contributed by atoms with Crippen LogP contribution in [0.4, 0.5) is 10.2 Å². The van der Waals surface area contributed by atoms with Gasteiger partial charge in [-0.3, -0.25) is 0 Å². The quantitative estimate of drug-likeness (QED) is 0.464. The fraction of sp³-hybridized carbons (Fsp3) is 0.0870. The van der Waals surface area contributed by atoms with Gasteiger partial charge in [-0.1, -0.05) is 35.5 Å². The number of benzene rings is 3. The molecule has 7 heteroatoms. The van der Waals surface area contributed by atoms with E-state index in [9.17, 15) is 4.39 Å². The first-order chi connectivity index (χ1) is 14.7. The van der Waals surface area contributed by atoms with E-state index in [1.54, 1.807) is 23.8 Å². The second-order valence-corrected chi connectivity index (χ2v) is 6.82. The highest BCUT2D eigenvalue weighted by Crippen LogP contribution is 2.29. The maximum atomic E-state index is 13.4. The van der Waals surface area contributed by atoms with Crippen LogP contribution in [0.2, 0.25) is 0 Å². The van der Waals surface area contributed by atoms with Crippen molar-refractivity contribution in [3.63, 3.8) is 0 Å². The molecule has 0 bridgehead atoms. The molecule has 2 aromatic heterocycles. The number of ether oxygens (including phenoxy) is 1. The van der Waals surface area contributed by atoms with Crippen molar-refractivity contribution >= 4 is 22.4 Å². The zero-order valence-electron chi connectivity index (χ0n) is 16.2. The molecule has 0 aliphatic heterocycles. The number of fused-ring (bicyclic) bond motifs is 3. The minimum absolute atomic E-state index is 0.298. The molecule has 3 aromatic carbocycles. The van der Waals surface area contributed by atoms with E-state index in [0.29, 0.717) is 17.9 Å². The summed E-state index contributed by atoms with van der Waals surface area (Å²) in [5, 5.41) is 13.0. The monoisotopic (exact) mass is 399 g/mol. The third kappa shape index (κ3) is 3.10. The van der Waals surface area contributed by atoms with Gasteiger partial charge in [0, 0.05) is 23.1 Å². The van der Waals surface area contributed by atoms with Gasteiger partial charge in [-0.2, -0.15) is 4.52 Å². The van der Waals surface area contributed by atoms with Crippen LogP contribution < -0.4 is 10.1 Å². The van der Waals surface area contributed by atoms with E-state index in [0.717, 1.165) is 33.6 Å². The lowest BCUT2D eigenvalue weighted by atomic mass is 10.1. The largest absolute Gasteiger partial charge is 0.496 e. The predicted octanol–water partition coefficient (Wildman–Crippen LogP) is 4.70. The first kappa shape index (κ1) is 18.1. The number of hydrogen-bond acceptors (Lipinski definition) is 5. The molecule has 0 aliphatic rings. The van der Waals surface area contributed by atoms with E-state index in [4.69, 9.17) is 9.72 Å². The molecule has 0 saturated carbocycles. The lowest BCUT2D eigenvalue weighted by molar-refractivity contribution is 0.410. The van der Waals surface area contributed by atoms with Crippen LogP contribution in [-0.4, -0.2) is 26.9 Å². The fourth-order valence-corrected chi connectivity index (χ4v) is 3.52. The van der Waals surface area contributed by atoms with Gasteiger partial charge in [0.05, 0.1) is 12.6 Å². The Morgan fingerprint density at radius 3 is 2.57 bits per heavy atom. The molecular weight excluding hydrogens is 381 g/mol. The summed E-state index contributed by atoms with van der Waals surface area (Å²) in [4.78, 5) is 4.82. The Morgan fingerprint density at radius 1 is 0.967 bits per heavy atom. The zero-order chi connectivity index (χ0) is 20.5. The van der Waals surface area contributed by atoms with Crippen molar-refractivity contribution in [2.75, 3.05) is 12.4 Å². The highest BCUT2D eigenvalue weighted by Gasteiger charge is 2.16. The topological polar surface area (TPSA) is 64.3 Å². The van der Waals surface area contributed by atoms with Crippen LogP contribution in [-0.2, 0) is 6.54 Å². The second-order valence-electron chi connectivity index (χ2n) is 6.82. The van der Waals surface area contributed by atoms with Crippen LogP contribution in [0.3, 0.4) is 0 Å². The lowest BCUT2D eigenvalue weighted by Gasteiger charge is -2.12. The van der Waals surface area contributed by atoms with Gasteiger partial charge >= 0.3 is 0 Å². The average Bonchev–Trinajstić information content (AvgIpc) is 3.22. The van der Waals surface area contributed by atoms with E-state index >= 15 is 0 Å². The summed E-state index contributed by atoms with van der Waals surface area (Å²) < 4.78 is 20.5. The lowest BCUT2D eigenvalue weighted by Crippen LogP contribution is -2.06. The molecule has 6 nitrogen and oxygen atoms in total. The number of hydrogen-bond donors (Lipinski definition) is 1. The van der Waals surface area contributed by atoms with Crippen molar-refractivity contribution in [3.05, 3.63) is 84.2 Å². The molecule has 148 valence electrons. The maximum absolute atomic E-state index is 13.4. The Morgan fingerprint density at radius 2 is 1.73 bits per heavy atom. The van der Waals surface area contributed by atoms with Crippen molar-refractivity contribution in [1.82, 2.24) is 19.8 Å². The molecule has 30 heavy (non-hydrogen) atoms. The normalized spacial score (nSPS) is 11.1. The number of anilines is 1. The summed E-state index contributed by atoms with van der Waals surface area (Å²) in [5.74, 6) is 1.23. The number of aromatic nitrogens is 4. The van der Waals surface area contributed by atoms with Crippen LogP contribution in [0, 0.1) is 5.82 Å². The number of rotatable bonds is 5. The Bertz CT molecular complexity index is 1350. The molecule has 0 saturated heterocycles. The van der Waals surface area contributed by atoms with Crippen molar-refractivity contribution in [2.24, 2.45) is 0 Å². The Hall–Kier alpha value is -4.00. The molecule has 2 heterocycles. The molecule has 0 aliphatic carbocycles. The molecule has 5 rings (SSSR count). The highest BCUT2D eigenvalue weighted by atomic mass is 19.1. The van der Waals surface area contributed by atoms with E-state index in [1.165, 1.54) is 12.1 Å². The third-order valence-electron chi connectivity index (χ3n) is 5.01. The van der Waals surface area contributed by atoms with Crippen molar-refractivity contribution in [1.29, 1.82) is 0 Å². The Labute approximate surface area is 172 Å². The molecule has 1 N–H and O–H groups in total. The van der Waals surface area contributed by atoms with Crippen LogP contribution in [0.1, 0.15) is 5.56 Å². The number of para-hydroxylation sites is 2. The van der Waals surface area contributed by atoms with Gasteiger partial charge in [0.15, 0.2) is 5.65 Å². The Balaban J connectivity index is 1.63. The molecule has 0 atom stereocenters. The summed E-state index contributed by atoms with van der Waals surface area (Å²) >= 11 is 0. The molecular formula is C23H18FN5O. The zero-order valence-corrected chi connectivity index (χ0v) is 16.2. The van der Waals surface area contributed by atoms with Gasteiger partial charge in [-0.05, 0) is 42.5 Å². The van der Waals surface area contributed by atoms with E-state index in [1.807, 2.05) is 48.5 Å². The molecule has 0 spiro atoms. The summed E-state index contributed by atoms with van der Waals surface area (Å²) in [6.07, 6.45) is 0. The summed E-state index contributed by atoms with van der Waals surface area (Å²) in [6.45, 7) is 0.546. The standard InChI is InChI=1S/C23H18FN5O/c1-30-20-9-5-2-6-16(20)14-25-22-18-7-3-4-8-19(18)29-23(26-22)21(27-28-29)15-10-12-17(24)13-11-15/h2-13H,14H2,1H3,(H,25,26). The van der Waals surface area contributed by atoms with Crippen molar-refractivity contribution in [2.45, 2.75) is 6.54 Å². The number of halogens is 1. The van der Waals surface area contributed by atoms with Gasteiger partial charge in [-0.25, -0.2) is 9.37 Å². The van der Waals surface area contributed by atoms with Crippen molar-refractivity contribution in [3.8, 4) is 17.0 Å². The van der Waals surface area contributed by atoms with Gasteiger partial charge in [0.25, 0.3) is 0 Å². The van der Waals surface area contributed by atoms with Crippen molar-refractivity contribution < 1.29 is 9.13 Å². The smallest absolute Gasteiger partial charge is 0.186 e. The highest BCUT2D eigenvalue weighted by molar-refractivity contribution is 5.93. The van der Waals surface area contributed by atoms with Crippen LogP contribution in [0.5, 0.6) is 5.75 Å². The van der Waals surface area contributed by atoms with Gasteiger partial charge in [-0.15, -0.1) is 5.10 Å². The minimum Gasteiger partial charge on any atom is -0.496 e. The van der Waals surface area contributed by atoms with Gasteiger partial charge in [0.1, 0.15) is 23.1 Å². The summed E-state index contributed by atoms with van der Waals surface area (Å²) in [6, 6.07) is 21.9. The molecule has 0 amide bonds. The number of nitrogens with one attached hydrogen (secondary N) is 1. The molecule has 0 fully saturated rings.